The fourth-order valence-corrected chi connectivity index (χ4v) is 4.49. The summed E-state index contributed by atoms with van der Waals surface area (Å²) >= 11 is 8.70. The minimum Gasteiger partial charge on any atom is -0.379 e. The Bertz CT molecular complexity index is 368. The van der Waals surface area contributed by atoms with Crippen LogP contribution in [0.2, 0.25) is 0 Å². The first-order valence-electron chi connectivity index (χ1n) is 5.35. The third-order valence-corrected chi connectivity index (χ3v) is 5.23. The maximum Gasteiger partial charge on any atom is 0.0758 e. The van der Waals surface area contributed by atoms with Crippen LogP contribution in [0.1, 0.15) is 38.3 Å². The smallest absolute Gasteiger partial charge is 0.0758 e. The highest BCUT2D eigenvalue weighted by molar-refractivity contribution is 9.12. The summed E-state index contributed by atoms with van der Waals surface area (Å²) in [5.74, 6) is 5.63. The summed E-state index contributed by atoms with van der Waals surface area (Å²) in [6, 6.07) is 2.24. The summed E-state index contributed by atoms with van der Waals surface area (Å²) in [6.45, 7) is 4.16. The van der Waals surface area contributed by atoms with Gasteiger partial charge in [0.25, 0.3) is 0 Å². The van der Waals surface area contributed by atoms with Crippen LogP contribution in [0.4, 0.5) is 0 Å². The fourth-order valence-electron chi connectivity index (χ4n) is 1.51. The first kappa shape index (κ1) is 15.6. The topological polar surface area (TPSA) is 47.3 Å². The normalized spacial score (nSPS) is 14.0. The molecule has 0 spiro atoms. The van der Waals surface area contributed by atoms with Crippen LogP contribution in [0.15, 0.2) is 13.6 Å². The van der Waals surface area contributed by atoms with Gasteiger partial charge < -0.3 is 4.74 Å². The molecule has 1 rings (SSSR count). The highest BCUT2D eigenvalue weighted by Crippen LogP contribution is 2.37. The maximum atomic E-state index is 5.63. The molecule has 0 aliphatic rings. The van der Waals surface area contributed by atoms with Gasteiger partial charge in [-0.15, -0.1) is 11.3 Å². The van der Waals surface area contributed by atoms with E-state index in [1.54, 1.807) is 18.4 Å². The predicted octanol–water partition coefficient (Wildman–Crippen LogP) is 3.98. The molecule has 1 aromatic heterocycles. The first-order chi connectivity index (χ1) is 7.89. The summed E-state index contributed by atoms with van der Waals surface area (Å²) in [6.07, 6.45) is 1.87. The van der Waals surface area contributed by atoms with Gasteiger partial charge in [-0.1, -0.05) is 0 Å². The number of nitrogens with two attached hydrogens (primary N) is 1. The molecule has 0 radical (unpaired) electrons. The van der Waals surface area contributed by atoms with Crippen molar-refractivity contribution < 1.29 is 4.74 Å². The van der Waals surface area contributed by atoms with Crippen LogP contribution in [0.25, 0.3) is 0 Å². The molecule has 1 heterocycles. The molecule has 17 heavy (non-hydrogen) atoms. The molecule has 0 saturated carbocycles. The van der Waals surface area contributed by atoms with Crippen molar-refractivity contribution >= 4 is 43.2 Å². The Labute approximate surface area is 123 Å². The van der Waals surface area contributed by atoms with E-state index in [-0.39, 0.29) is 11.6 Å². The molecule has 0 aromatic carbocycles. The van der Waals surface area contributed by atoms with Crippen molar-refractivity contribution in [1.82, 2.24) is 5.43 Å². The molecule has 1 atom stereocenters. The summed E-state index contributed by atoms with van der Waals surface area (Å²) in [7, 11) is 1.74. The monoisotopic (exact) mass is 384 g/mol. The number of nitrogens with one attached hydrogen (secondary N) is 1. The molecular weight excluding hydrogens is 368 g/mol. The molecule has 0 aliphatic heterocycles. The second-order valence-electron chi connectivity index (χ2n) is 4.50. The molecule has 0 saturated heterocycles. The number of methoxy groups -OCH3 is 1. The summed E-state index contributed by atoms with van der Waals surface area (Å²) in [5.41, 5.74) is 3.94. The van der Waals surface area contributed by atoms with E-state index in [1.807, 2.05) is 0 Å². The van der Waals surface area contributed by atoms with Crippen molar-refractivity contribution in [2.24, 2.45) is 5.84 Å². The molecule has 3 N–H and O–H groups in total. The van der Waals surface area contributed by atoms with E-state index in [1.165, 1.54) is 5.56 Å². The molecule has 0 amide bonds. The van der Waals surface area contributed by atoms with Crippen molar-refractivity contribution in [3.8, 4) is 0 Å². The highest BCUT2D eigenvalue weighted by atomic mass is 79.9. The van der Waals surface area contributed by atoms with Crippen LogP contribution in [0, 0.1) is 0 Å². The van der Waals surface area contributed by atoms with E-state index >= 15 is 0 Å². The number of halogens is 2. The van der Waals surface area contributed by atoms with Crippen molar-refractivity contribution in [2.45, 2.75) is 38.3 Å². The van der Waals surface area contributed by atoms with Gasteiger partial charge in [-0.05, 0) is 70.2 Å². The van der Waals surface area contributed by atoms with Crippen LogP contribution in [-0.4, -0.2) is 12.7 Å². The van der Waals surface area contributed by atoms with Crippen LogP contribution in [0.3, 0.4) is 0 Å². The van der Waals surface area contributed by atoms with Gasteiger partial charge in [0.05, 0.1) is 13.2 Å². The number of thiophene rings is 1. The largest absolute Gasteiger partial charge is 0.379 e. The lowest BCUT2D eigenvalue weighted by molar-refractivity contribution is 0.0117. The van der Waals surface area contributed by atoms with Gasteiger partial charge in [0.1, 0.15) is 0 Å². The number of hydrogen-bond donors (Lipinski definition) is 2. The zero-order chi connectivity index (χ0) is 13.1. The van der Waals surface area contributed by atoms with E-state index in [0.29, 0.717) is 0 Å². The van der Waals surface area contributed by atoms with Crippen LogP contribution < -0.4 is 11.3 Å². The number of ether oxygens (including phenoxy) is 1. The predicted molar refractivity (Wildman–Crippen MR) is 80.1 cm³/mol. The van der Waals surface area contributed by atoms with Crippen LogP contribution >= 0.6 is 43.2 Å². The maximum absolute atomic E-state index is 5.63. The zero-order valence-electron chi connectivity index (χ0n) is 10.2. The van der Waals surface area contributed by atoms with E-state index in [0.717, 1.165) is 20.4 Å². The van der Waals surface area contributed by atoms with Gasteiger partial charge in [-0.2, -0.15) is 0 Å². The minimum absolute atomic E-state index is 0.116. The first-order valence-corrected chi connectivity index (χ1v) is 7.76. The second-order valence-corrected chi connectivity index (χ2v) is 8.25. The summed E-state index contributed by atoms with van der Waals surface area (Å²) < 4.78 is 7.63. The van der Waals surface area contributed by atoms with Gasteiger partial charge in [0.15, 0.2) is 0 Å². The Morgan fingerprint density at radius 2 is 2.18 bits per heavy atom. The lowest BCUT2D eigenvalue weighted by Gasteiger charge is -2.25. The minimum atomic E-state index is -0.116. The summed E-state index contributed by atoms with van der Waals surface area (Å²) in [5, 5.41) is 0. The SMILES string of the molecule is COC(C)(C)CCC(NN)c1cc(Br)sc1Br. The van der Waals surface area contributed by atoms with Gasteiger partial charge in [0, 0.05) is 13.2 Å². The van der Waals surface area contributed by atoms with Gasteiger partial charge in [-0.25, -0.2) is 0 Å². The number of rotatable bonds is 6. The Kier molecular flexibility index (Phi) is 6.09. The van der Waals surface area contributed by atoms with Gasteiger partial charge in [-0.3, -0.25) is 11.3 Å². The van der Waals surface area contributed by atoms with Gasteiger partial charge >= 0.3 is 0 Å². The number of hydrazine groups is 1. The third-order valence-electron chi connectivity index (χ3n) is 2.85. The van der Waals surface area contributed by atoms with Crippen molar-refractivity contribution in [1.29, 1.82) is 0 Å². The Morgan fingerprint density at radius 1 is 1.53 bits per heavy atom. The van der Waals surface area contributed by atoms with Crippen molar-refractivity contribution in [2.75, 3.05) is 7.11 Å². The van der Waals surface area contributed by atoms with Crippen molar-refractivity contribution in [3.05, 3.63) is 19.2 Å². The molecule has 6 heteroatoms. The van der Waals surface area contributed by atoms with E-state index in [2.05, 4.69) is 57.2 Å². The molecule has 0 aliphatic carbocycles. The van der Waals surface area contributed by atoms with E-state index < -0.39 is 0 Å². The fraction of sp³-hybridized carbons (Fsp3) is 0.636. The lowest BCUT2D eigenvalue weighted by atomic mass is 9.96. The molecular formula is C11H18Br2N2OS. The van der Waals surface area contributed by atoms with Crippen LogP contribution in [0.5, 0.6) is 0 Å². The van der Waals surface area contributed by atoms with Gasteiger partial charge in [0.2, 0.25) is 0 Å². The molecule has 3 nitrogen and oxygen atoms in total. The molecule has 1 aromatic rings. The average molecular weight is 386 g/mol. The number of hydrogen-bond acceptors (Lipinski definition) is 4. The molecule has 98 valence electrons. The summed E-state index contributed by atoms with van der Waals surface area (Å²) in [4.78, 5) is 0. The van der Waals surface area contributed by atoms with Crippen molar-refractivity contribution in [3.63, 3.8) is 0 Å². The zero-order valence-corrected chi connectivity index (χ0v) is 14.2. The quantitative estimate of drug-likeness (QED) is 0.575. The Balaban J connectivity index is 2.70. The molecule has 0 bridgehead atoms. The van der Waals surface area contributed by atoms with E-state index in [9.17, 15) is 0 Å². The Morgan fingerprint density at radius 3 is 2.59 bits per heavy atom. The average Bonchev–Trinajstić information content (AvgIpc) is 2.59. The highest BCUT2D eigenvalue weighted by Gasteiger charge is 2.21. The Hall–Kier alpha value is 0.540. The second kappa shape index (κ2) is 6.63. The third kappa shape index (κ3) is 4.61. The molecule has 1 unspecified atom stereocenters. The molecule has 0 fully saturated rings. The standard InChI is InChI=1S/C11H18Br2N2OS/c1-11(2,16-3)5-4-8(15-14)7-6-9(12)17-10(7)13/h6,8,15H,4-5,14H2,1-3H3. The van der Waals surface area contributed by atoms with Crippen LogP contribution in [-0.2, 0) is 4.74 Å². The lowest BCUT2D eigenvalue weighted by Crippen LogP contribution is -2.31. The van der Waals surface area contributed by atoms with E-state index in [4.69, 9.17) is 10.6 Å².